The van der Waals surface area contributed by atoms with Gasteiger partial charge >= 0.3 is 0 Å². The standard InChI is InChI=1S/C22H19F2N5O2/c1-13(26-22(30)14(2)31-16-7-5-6-15(23)10-16)21-27-20-11-19(25-12-29(20)28-21)17-8-3-4-9-18(17)24/h3-14H,1-2H3,(H,26,30)/t13-,14-/m0/s1. The third-order valence-corrected chi connectivity index (χ3v) is 4.62. The van der Waals surface area contributed by atoms with Crippen molar-refractivity contribution in [3.63, 3.8) is 0 Å². The zero-order valence-corrected chi connectivity index (χ0v) is 16.8. The van der Waals surface area contributed by atoms with Crippen LogP contribution in [0.5, 0.6) is 5.75 Å². The van der Waals surface area contributed by atoms with Crippen molar-refractivity contribution in [2.75, 3.05) is 0 Å². The predicted octanol–water partition coefficient (Wildman–Crippen LogP) is 3.71. The van der Waals surface area contributed by atoms with Crippen LogP contribution in [0.4, 0.5) is 8.78 Å². The number of benzene rings is 2. The molecule has 9 heteroatoms. The highest BCUT2D eigenvalue weighted by molar-refractivity contribution is 5.81. The van der Waals surface area contributed by atoms with E-state index in [0.29, 0.717) is 22.7 Å². The van der Waals surface area contributed by atoms with E-state index < -0.39 is 23.9 Å². The molecule has 0 unspecified atom stereocenters. The monoisotopic (exact) mass is 423 g/mol. The summed E-state index contributed by atoms with van der Waals surface area (Å²) in [6, 6.07) is 13.0. The molecule has 0 fully saturated rings. The Morgan fingerprint density at radius 3 is 2.68 bits per heavy atom. The van der Waals surface area contributed by atoms with Crippen molar-refractivity contribution in [3.8, 4) is 17.0 Å². The highest BCUT2D eigenvalue weighted by Gasteiger charge is 2.21. The van der Waals surface area contributed by atoms with Crippen molar-refractivity contribution in [1.29, 1.82) is 0 Å². The highest BCUT2D eigenvalue weighted by Crippen LogP contribution is 2.21. The van der Waals surface area contributed by atoms with E-state index in [4.69, 9.17) is 4.74 Å². The molecule has 4 rings (SSSR count). The van der Waals surface area contributed by atoms with Gasteiger partial charge in [-0.05, 0) is 38.1 Å². The molecule has 2 atom stereocenters. The molecule has 1 N–H and O–H groups in total. The van der Waals surface area contributed by atoms with E-state index >= 15 is 0 Å². The van der Waals surface area contributed by atoms with Gasteiger partial charge < -0.3 is 10.1 Å². The fourth-order valence-electron chi connectivity index (χ4n) is 3.01. The van der Waals surface area contributed by atoms with Gasteiger partial charge in [0.1, 0.15) is 23.7 Å². The molecule has 0 aliphatic carbocycles. The van der Waals surface area contributed by atoms with Crippen LogP contribution in [0.1, 0.15) is 25.7 Å². The first-order valence-electron chi connectivity index (χ1n) is 9.60. The number of fused-ring (bicyclic) bond motifs is 1. The van der Waals surface area contributed by atoms with Crippen molar-refractivity contribution in [2.24, 2.45) is 0 Å². The maximum Gasteiger partial charge on any atom is 0.261 e. The van der Waals surface area contributed by atoms with Crippen LogP contribution in [-0.2, 0) is 4.79 Å². The van der Waals surface area contributed by atoms with E-state index in [1.54, 1.807) is 44.2 Å². The van der Waals surface area contributed by atoms with E-state index in [1.807, 2.05) is 0 Å². The van der Waals surface area contributed by atoms with E-state index in [-0.39, 0.29) is 11.6 Å². The fourth-order valence-corrected chi connectivity index (χ4v) is 3.01. The number of halogens is 2. The summed E-state index contributed by atoms with van der Waals surface area (Å²) in [6.07, 6.45) is 0.591. The SMILES string of the molecule is C[C@H](Oc1cccc(F)c1)C(=O)N[C@@H](C)c1nc2cc(-c3ccccc3F)ncn2n1. The topological polar surface area (TPSA) is 81.4 Å². The minimum atomic E-state index is -0.851. The molecule has 7 nitrogen and oxygen atoms in total. The van der Waals surface area contributed by atoms with E-state index in [2.05, 4.69) is 20.4 Å². The molecule has 0 aliphatic rings. The molecule has 2 aromatic heterocycles. The van der Waals surface area contributed by atoms with Crippen molar-refractivity contribution < 1.29 is 18.3 Å². The van der Waals surface area contributed by atoms with E-state index in [9.17, 15) is 13.6 Å². The Balaban J connectivity index is 1.48. The van der Waals surface area contributed by atoms with Crippen molar-refractivity contribution >= 4 is 11.6 Å². The number of nitrogens with zero attached hydrogens (tertiary/aromatic N) is 4. The number of nitrogens with one attached hydrogen (secondary N) is 1. The first-order valence-corrected chi connectivity index (χ1v) is 9.60. The maximum absolute atomic E-state index is 14.0. The normalized spacial score (nSPS) is 13.0. The third-order valence-electron chi connectivity index (χ3n) is 4.62. The van der Waals surface area contributed by atoms with Crippen LogP contribution < -0.4 is 10.1 Å². The van der Waals surface area contributed by atoms with Gasteiger partial charge in [0.05, 0.1) is 11.7 Å². The number of hydrogen-bond donors (Lipinski definition) is 1. The van der Waals surface area contributed by atoms with Crippen LogP contribution >= 0.6 is 0 Å². The number of carbonyl (C=O) groups is 1. The molecule has 0 saturated carbocycles. The Kier molecular flexibility index (Phi) is 5.57. The third kappa shape index (κ3) is 4.50. The summed E-state index contributed by atoms with van der Waals surface area (Å²) < 4.78 is 34.3. The number of ether oxygens (including phenoxy) is 1. The Bertz CT molecular complexity index is 1240. The lowest BCUT2D eigenvalue weighted by molar-refractivity contribution is -0.128. The Morgan fingerprint density at radius 2 is 1.90 bits per heavy atom. The van der Waals surface area contributed by atoms with Crippen molar-refractivity contribution in [3.05, 3.63) is 78.4 Å². The second kappa shape index (κ2) is 8.47. The molecule has 0 spiro atoms. The number of carbonyl (C=O) groups excluding carboxylic acids is 1. The van der Waals surface area contributed by atoms with Gasteiger partial charge in [-0.1, -0.05) is 18.2 Å². The van der Waals surface area contributed by atoms with E-state index in [0.717, 1.165) is 0 Å². The van der Waals surface area contributed by atoms with Crippen LogP contribution in [0.2, 0.25) is 0 Å². The average Bonchev–Trinajstić information content (AvgIpc) is 3.17. The lowest BCUT2D eigenvalue weighted by Gasteiger charge is -2.17. The molecule has 0 radical (unpaired) electrons. The van der Waals surface area contributed by atoms with Gasteiger partial charge in [-0.3, -0.25) is 4.79 Å². The lowest BCUT2D eigenvalue weighted by atomic mass is 10.1. The summed E-state index contributed by atoms with van der Waals surface area (Å²) >= 11 is 0. The summed E-state index contributed by atoms with van der Waals surface area (Å²) in [7, 11) is 0. The molecule has 0 saturated heterocycles. The fraction of sp³-hybridized carbons (Fsp3) is 0.182. The van der Waals surface area contributed by atoms with Crippen LogP contribution in [0.3, 0.4) is 0 Å². The molecule has 2 aromatic carbocycles. The first kappa shape index (κ1) is 20.4. The minimum absolute atomic E-state index is 0.257. The van der Waals surface area contributed by atoms with Gasteiger partial charge in [0.25, 0.3) is 5.91 Å². The summed E-state index contributed by atoms with van der Waals surface area (Å²) in [5.74, 6) is -0.616. The molecular formula is C22H19F2N5O2. The molecule has 1 amide bonds. The molecular weight excluding hydrogens is 404 g/mol. The minimum Gasteiger partial charge on any atom is -0.481 e. The smallest absolute Gasteiger partial charge is 0.261 e. The highest BCUT2D eigenvalue weighted by atomic mass is 19.1. The van der Waals surface area contributed by atoms with Gasteiger partial charge in [-0.25, -0.2) is 23.3 Å². The summed E-state index contributed by atoms with van der Waals surface area (Å²) in [5, 5.41) is 7.09. The zero-order chi connectivity index (χ0) is 22.0. The van der Waals surface area contributed by atoms with E-state index in [1.165, 1.54) is 35.1 Å². The Labute approximate surface area is 176 Å². The Hall–Kier alpha value is -3.88. The lowest BCUT2D eigenvalue weighted by Crippen LogP contribution is -2.38. The van der Waals surface area contributed by atoms with Crippen LogP contribution in [0.25, 0.3) is 16.9 Å². The summed E-state index contributed by atoms with van der Waals surface area (Å²) in [4.78, 5) is 21.1. The second-order valence-corrected chi connectivity index (χ2v) is 6.97. The maximum atomic E-state index is 14.0. The van der Waals surface area contributed by atoms with Gasteiger partial charge in [0.2, 0.25) is 0 Å². The Morgan fingerprint density at radius 1 is 1.10 bits per heavy atom. The molecule has 31 heavy (non-hydrogen) atoms. The van der Waals surface area contributed by atoms with Crippen molar-refractivity contribution in [2.45, 2.75) is 26.0 Å². The largest absolute Gasteiger partial charge is 0.481 e. The van der Waals surface area contributed by atoms with Gasteiger partial charge in [-0.2, -0.15) is 0 Å². The first-order chi connectivity index (χ1) is 14.9. The van der Waals surface area contributed by atoms with Gasteiger partial charge in [0.15, 0.2) is 17.6 Å². The summed E-state index contributed by atoms with van der Waals surface area (Å²) in [5.41, 5.74) is 1.26. The summed E-state index contributed by atoms with van der Waals surface area (Å²) in [6.45, 7) is 3.29. The second-order valence-electron chi connectivity index (χ2n) is 6.97. The van der Waals surface area contributed by atoms with Gasteiger partial charge in [0, 0.05) is 17.7 Å². The molecule has 2 heterocycles. The number of amides is 1. The number of hydrogen-bond acceptors (Lipinski definition) is 5. The van der Waals surface area contributed by atoms with Crippen LogP contribution in [-0.4, -0.2) is 31.6 Å². The van der Waals surface area contributed by atoms with Crippen LogP contribution in [0, 0.1) is 11.6 Å². The predicted molar refractivity (Wildman–Crippen MR) is 109 cm³/mol. The number of aromatic nitrogens is 4. The van der Waals surface area contributed by atoms with Crippen LogP contribution in [0.15, 0.2) is 60.9 Å². The van der Waals surface area contributed by atoms with Crippen molar-refractivity contribution in [1.82, 2.24) is 24.9 Å². The molecule has 0 bridgehead atoms. The average molecular weight is 423 g/mol. The molecule has 4 aromatic rings. The number of rotatable bonds is 6. The zero-order valence-electron chi connectivity index (χ0n) is 16.8. The molecule has 0 aliphatic heterocycles. The van der Waals surface area contributed by atoms with Gasteiger partial charge in [-0.15, -0.1) is 5.10 Å². The quantitative estimate of drug-likeness (QED) is 0.511. The molecule has 158 valence electrons.